The van der Waals surface area contributed by atoms with Gasteiger partial charge in [-0.15, -0.1) is 0 Å². The third-order valence-corrected chi connectivity index (χ3v) is 2.80. The minimum absolute atomic E-state index is 0.184. The highest BCUT2D eigenvalue weighted by Gasteiger charge is 2.25. The maximum absolute atomic E-state index is 10.4. The molecule has 1 heterocycles. The summed E-state index contributed by atoms with van der Waals surface area (Å²) >= 11 is 0. The number of phenols is 1. The van der Waals surface area contributed by atoms with E-state index in [9.17, 15) is 10.2 Å². The molecule has 1 aromatic heterocycles. The average molecular weight is 233 g/mol. The van der Waals surface area contributed by atoms with Gasteiger partial charge in [0.15, 0.2) is 0 Å². The zero-order chi connectivity index (χ0) is 12.5. The molecule has 0 spiro atoms. The molecule has 0 aliphatic carbocycles. The van der Waals surface area contributed by atoms with E-state index in [0.29, 0.717) is 12.2 Å². The normalized spacial score (nSPS) is 14.5. The maximum atomic E-state index is 10.4. The van der Waals surface area contributed by atoms with Crippen LogP contribution >= 0.6 is 0 Å². The molecule has 0 aliphatic heterocycles. The number of aliphatic hydroxyl groups is 1. The van der Waals surface area contributed by atoms with Gasteiger partial charge in [-0.2, -0.15) is 5.10 Å². The van der Waals surface area contributed by atoms with Crippen molar-refractivity contribution in [3.63, 3.8) is 0 Å². The van der Waals surface area contributed by atoms with E-state index in [0.717, 1.165) is 5.56 Å². The van der Waals surface area contributed by atoms with Crippen LogP contribution in [-0.2, 0) is 19.1 Å². The van der Waals surface area contributed by atoms with E-state index < -0.39 is 5.60 Å². The smallest absolute Gasteiger partial charge is 0.138 e. The molecule has 5 heteroatoms. The van der Waals surface area contributed by atoms with Gasteiger partial charge in [-0.3, -0.25) is 4.68 Å². The number of aromatic hydroxyl groups is 1. The van der Waals surface area contributed by atoms with Crippen molar-refractivity contribution in [1.82, 2.24) is 14.8 Å². The first-order chi connectivity index (χ1) is 7.99. The molecular formula is C12H15N3O2. The Morgan fingerprint density at radius 3 is 2.47 bits per heavy atom. The molecule has 0 radical (unpaired) electrons. The molecular weight excluding hydrogens is 218 g/mol. The van der Waals surface area contributed by atoms with Gasteiger partial charge in [-0.1, -0.05) is 12.1 Å². The van der Waals surface area contributed by atoms with Gasteiger partial charge in [-0.25, -0.2) is 4.98 Å². The van der Waals surface area contributed by atoms with Crippen molar-refractivity contribution in [2.75, 3.05) is 0 Å². The number of benzene rings is 1. The lowest BCUT2D eigenvalue weighted by atomic mass is 9.92. The summed E-state index contributed by atoms with van der Waals surface area (Å²) in [5.74, 6) is 0.895. The van der Waals surface area contributed by atoms with E-state index in [4.69, 9.17) is 0 Å². The number of nitrogens with zero attached hydrogens (tertiary/aromatic N) is 3. The fourth-order valence-corrected chi connectivity index (χ4v) is 1.71. The van der Waals surface area contributed by atoms with Crippen LogP contribution in [0, 0.1) is 0 Å². The quantitative estimate of drug-likeness (QED) is 0.828. The molecule has 0 fully saturated rings. The average Bonchev–Trinajstić information content (AvgIpc) is 2.64. The van der Waals surface area contributed by atoms with Crippen LogP contribution in [0.4, 0.5) is 0 Å². The third kappa shape index (κ3) is 2.45. The van der Waals surface area contributed by atoms with Crippen molar-refractivity contribution < 1.29 is 10.2 Å². The van der Waals surface area contributed by atoms with Crippen molar-refractivity contribution in [3.05, 3.63) is 42.0 Å². The van der Waals surface area contributed by atoms with Gasteiger partial charge >= 0.3 is 0 Å². The van der Waals surface area contributed by atoms with Crippen molar-refractivity contribution in [3.8, 4) is 5.75 Å². The van der Waals surface area contributed by atoms with Crippen LogP contribution in [-0.4, -0.2) is 25.0 Å². The highest BCUT2D eigenvalue weighted by molar-refractivity contribution is 5.30. The number of rotatable bonds is 3. The van der Waals surface area contributed by atoms with Gasteiger partial charge < -0.3 is 10.2 Å². The lowest BCUT2D eigenvalue weighted by Crippen LogP contribution is -2.26. The van der Waals surface area contributed by atoms with Crippen molar-refractivity contribution in [1.29, 1.82) is 0 Å². The Bertz CT molecular complexity index is 503. The number of hydrogen-bond acceptors (Lipinski definition) is 4. The topological polar surface area (TPSA) is 71.2 Å². The highest BCUT2D eigenvalue weighted by Crippen LogP contribution is 2.25. The SMILES string of the molecule is Cn1ncnc1CC(C)(O)c1ccc(O)cc1. The van der Waals surface area contributed by atoms with Crippen LogP contribution in [0.5, 0.6) is 5.75 Å². The Hall–Kier alpha value is -1.88. The molecule has 2 N–H and O–H groups in total. The van der Waals surface area contributed by atoms with E-state index in [1.807, 2.05) is 0 Å². The predicted molar refractivity (Wildman–Crippen MR) is 62.4 cm³/mol. The first kappa shape index (κ1) is 11.6. The number of aromatic nitrogens is 3. The first-order valence-corrected chi connectivity index (χ1v) is 5.34. The van der Waals surface area contributed by atoms with Gasteiger partial charge in [0.25, 0.3) is 0 Å². The van der Waals surface area contributed by atoms with Crippen LogP contribution < -0.4 is 0 Å². The zero-order valence-corrected chi connectivity index (χ0v) is 9.83. The maximum Gasteiger partial charge on any atom is 0.138 e. The summed E-state index contributed by atoms with van der Waals surface area (Å²) in [6, 6.07) is 6.51. The molecule has 2 rings (SSSR count). The van der Waals surface area contributed by atoms with Crippen LogP contribution in [0.1, 0.15) is 18.3 Å². The molecule has 1 aromatic carbocycles. The van der Waals surface area contributed by atoms with E-state index in [2.05, 4.69) is 10.1 Å². The summed E-state index contributed by atoms with van der Waals surface area (Å²) in [6.07, 6.45) is 1.83. The Balaban J connectivity index is 2.24. The zero-order valence-electron chi connectivity index (χ0n) is 9.83. The monoisotopic (exact) mass is 233 g/mol. The second-order valence-electron chi connectivity index (χ2n) is 4.30. The molecule has 0 bridgehead atoms. The van der Waals surface area contributed by atoms with Crippen molar-refractivity contribution in [2.24, 2.45) is 7.05 Å². The minimum atomic E-state index is -1.03. The lowest BCUT2D eigenvalue weighted by molar-refractivity contribution is 0.0545. The molecule has 1 atom stereocenters. The lowest BCUT2D eigenvalue weighted by Gasteiger charge is -2.23. The molecule has 5 nitrogen and oxygen atoms in total. The van der Waals surface area contributed by atoms with Gasteiger partial charge in [0.1, 0.15) is 17.9 Å². The summed E-state index contributed by atoms with van der Waals surface area (Å²) < 4.78 is 1.63. The fourth-order valence-electron chi connectivity index (χ4n) is 1.71. The van der Waals surface area contributed by atoms with Crippen LogP contribution in [0.15, 0.2) is 30.6 Å². The molecule has 17 heavy (non-hydrogen) atoms. The highest BCUT2D eigenvalue weighted by atomic mass is 16.3. The molecule has 0 amide bonds. The summed E-state index contributed by atoms with van der Waals surface area (Å²) in [4.78, 5) is 4.09. The second kappa shape index (κ2) is 4.18. The Labute approximate surface area is 99.4 Å². The second-order valence-corrected chi connectivity index (χ2v) is 4.30. The summed E-state index contributed by atoms with van der Waals surface area (Å²) in [6.45, 7) is 1.72. The molecule has 0 saturated heterocycles. The van der Waals surface area contributed by atoms with Crippen molar-refractivity contribution >= 4 is 0 Å². The Morgan fingerprint density at radius 1 is 1.29 bits per heavy atom. The van der Waals surface area contributed by atoms with Crippen molar-refractivity contribution in [2.45, 2.75) is 18.9 Å². The number of phenolic OH excluding ortho intramolecular Hbond substituents is 1. The van der Waals surface area contributed by atoms with E-state index >= 15 is 0 Å². The van der Waals surface area contributed by atoms with E-state index in [1.54, 1.807) is 42.9 Å². The Kier molecular flexibility index (Phi) is 2.85. The number of aryl methyl sites for hydroxylation is 1. The summed E-state index contributed by atoms with van der Waals surface area (Å²) in [5.41, 5.74) is -0.299. The standard InChI is InChI=1S/C12H15N3O2/c1-12(17,7-11-13-8-14-15(11)2)9-3-5-10(16)6-4-9/h3-6,8,16-17H,7H2,1-2H3. The van der Waals surface area contributed by atoms with Gasteiger partial charge in [0.2, 0.25) is 0 Å². The van der Waals surface area contributed by atoms with E-state index in [-0.39, 0.29) is 5.75 Å². The molecule has 1 unspecified atom stereocenters. The minimum Gasteiger partial charge on any atom is -0.508 e. The molecule has 90 valence electrons. The Morgan fingerprint density at radius 2 is 1.94 bits per heavy atom. The summed E-state index contributed by atoms with van der Waals surface area (Å²) in [5, 5.41) is 23.6. The number of hydrogen-bond donors (Lipinski definition) is 2. The summed E-state index contributed by atoms with van der Waals surface area (Å²) in [7, 11) is 1.79. The van der Waals surface area contributed by atoms with Gasteiger partial charge in [-0.05, 0) is 24.6 Å². The fraction of sp³-hybridized carbons (Fsp3) is 0.333. The van der Waals surface area contributed by atoms with Gasteiger partial charge in [0.05, 0.1) is 5.60 Å². The molecule has 0 saturated carbocycles. The van der Waals surface area contributed by atoms with Crippen LogP contribution in [0.2, 0.25) is 0 Å². The van der Waals surface area contributed by atoms with E-state index in [1.165, 1.54) is 6.33 Å². The van der Waals surface area contributed by atoms with Crippen LogP contribution in [0.3, 0.4) is 0 Å². The largest absolute Gasteiger partial charge is 0.508 e. The predicted octanol–water partition coefficient (Wildman–Crippen LogP) is 0.971. The van der Waals surface area contributed by atoms with Gasteiger partial charge in [0, 0.05) is 13.5 Å². The first-order valence-electron chi connectivity index (χ1n) is 5.34. The van der Waals surface area contributed by atoms with Crippen LogP contribution in [0.25, 0.3) is 0 Å². The third-order valence-electron chi connectivity index (χ3n) is 2.80. The molecule has 0 aliphatic rings. The molecule has 2 aromatic rings.